The van der Waals surface area contributed by atoms with E-state index in [1.54, 1.807) is 7.11 Å². The zero-order chi connectivity index (χ0) is 14.5. The smallest absolute Gasteiger partial charge is 0.227 e. The molecular formula is C16H24N2O2. The minimum absolute atomic E-state index is 0.0582. The standard InChI is InChI=1S/C16H24N2O2/c1-11(10-20-3)9-17-16(19)14-8-12(2)18-15-7-5-4-6-13(14)15/h4-7,11-12,14,18H,8-10H2,1-3H3,(H,17,19). The lowest BCUT2D eigenvalue weighted by atomic mass is 9.87. The number of nitrogens with one attached hydrogen (secondary N) is 2. The van der Waals surface area contributed by atoms with Gasteiger partial charge in [0.05, 0.1) is 12.5 Å². The Morgan fingerprint density at radius 1 is 1.50 bits per heavy atom. The summed E-state index contributed by atoms with van der Waals surface area (Å²) in [6.45, 7) is 5.51. The molecule has 1 heterocycles. The minimum atomic E-state index is -0.0582. The Bertz CT molecular complexity index is 462. The van der Waals surface area contributed by atoms with Crippen molar-refractivity contribution in [1.29, 1.82) is 0 Å². The van der Waals surface area contributed by atoms with Crippen LogP contribution < -0.4 is 10.6 Å². The maximum absolute atomic E-state index is 12.4. The van der Waals surface area contributed by atoms with E-state index in [2.05, 4.69) is 24.5 Å². The Morgan fingerprint density at radius 2 is 2.25 bits per heavy atom. The van der Waals surface area contributed by atoms with Crippen molar-refractivity contribution >= 4 is 11.6 Å². The fraction of sp³-hybridized carbons (Fsp3) is 0.562. The number of carbonyl (C=O) groups excluding carboxylic acids is 1. The van der Waals surface area contributed by atoms with Crippen LogP contribution in [0.3, 0.4) is 0 Å². The second kappa shape index (κ2) is 6.75. The van der Waals surface area contributed by atoms with E-state index in [0.717, 1.165) is 17.7 Å². The molecule has 3 atom stereocenters. The van der Waals surface area contributed by atoms with Crippen molar-refractivity contribution < 1.29 is 9.53 Å². The molecule has 2 rings (SSSR count). The van der Waals surface area contributed by atoms with Crippen molar-refractivity contribution in [3.05, 3.63) is 29.8 Å². The quantitative estimate of drug-likeness (QED) is 0.868. The molecule has 0 bridgehead atoms. The summed E-state index contributed by atoms with van der Waals surface area (Å²) in [5.41, 5.74) is 2.18. The zero-order valence-corrected chi connectivity index (χ0v) is 12.5. The number of amides is 1. The predicted molar refractivity (Wildman–Crippen MR) is 80.9 cm³/mol. The second-order valence-corrected chi connectivity index (χ2v) is 5.73. The molecule has 1 aromatic rings. The van der Waals surface area contributed by atoms with Gasteiger partial charge in [0.25, 0.3) is 0 Å². The third kappa shape index (κ3) is 3.51. The van der Waals surface area contributed by atoms with Crippen LogP contribution in [0, 0.1) is 5.92 Å². The highest BCUT2D eigenvalue weighted by Crippen LogP contribution is 2.34. The third-order valence-corrected chi connectivity index (χ3v) is 3.72. The molecule has 0 aliphatic carbocycles. The summed E-state index contributed by atoms with van der Waals surface area (Å²) in [5.74, 6) is 0.393. The number of carbonyl (C=O) groups is 1. The number of fused-ring (bicyclic) bond motifs is 1. The number of anilines is 1. The van der Waals surface area contributed by atoms with Gasteiger partial charge >= 0.3 is 0 Å². The first-order valence-electron chi connectivity index (χ1n) is 7.24. The van der Waals surface area contributed by atoms with Crippen molar-refractivity contribution in [1.82, 2.24) is 5.32 Å². The van der Waals surface area contributed by atoms with Crippen LogP contribution in [-0.4, -0.2) is 32.2 Å². The average molecular weight is 276 g/mol. The summed E-state index contributed by atoms with van der Waals surface area (Å²) < 4.78 is 5.09. The van der Waals surface area contributed by atoms with Gasteiger partial charge < -0.3 is 15.4 Å². The lowest BCUT2D eigenvalue weighted by molar-refractivity contribution is -0.123. The Kier molecular flexibility index (Phi) is 5.01. The molecule has 0 fully saturated rings. The summed E-state index contributed by atoms with van der Waals surface area (Å²) in [7, 11) is 1.68. The molecule has 0 saturated heterocycles. The fourth-order valence-corrected chi connectivity index (χ4v) is 2.73. The SMILES string of the molecule is COCC(C)CNC(=O)C1CC(C)Nc2ccccc21. The van der Waals surface area contributed by atoms with Crippen LogP contribution in [0.15, 0.2) is 24.3 Å². The van der Waals surface area contributed by atoms with E-state index < -0.39 is 0 Å². The molecule has 4 heteroatoms. The fourth-order valence-electron chi connectivity index (χ4n) is 2.73. The minimum Gasteiger partial charge on any atom is -0.384 e. The van der Waals surface area contributed by atoms with Crippen molar-refractivity contribution in [2.75, 3.05) is 25.6 Å². The molecule has 20 heavy (non-hydrogen) atoms. The molecule has 1 aliphatic heterocycles. The van der Waals surface area contributed by atoms with E-state index in [1.807, 2.05) is 24.3 Å². The molecule has 110 valence electrons. The van der Waals surface area contributed by atoms with Crippen molar-refractivity contribution in [3.63, 3.8) is 0 Å². The van der Waals surface area contributed by atoms with Gasteiger partial charge in [-0.1, -0.05) is 25.1 Å². The molecule has 4 nitrogen and oxygen atoms in total. The highest BCUT2D eigenvalue weighted by molar-refractivity contribution is 5.86. The van der Waals surface area contributed by atoms with Gasteiger partial charge in [0.1, 0.15) is 0 Å². The molecular weight excluding hydrogens is 252 g/mol. The van der Waals surface area contributed by atoms with Gasteiger partial charge in [0, 0.05) is 25.4 Å². The molecule has 2 N–H and O–H groups in total. The van der Waals surface area contributed by atoms with Crippen molar-refractivity contribution in [2.24, 2.45) is 5.92 Å². The molecule has 0 radical (unpaired) electrons. The van der Waals surface area contributed by atoms with Crippen LogP contribution in [-0.2, 0) is 9.53 Å². The third-order valence-electron chi connectivity index (χ3n) is 3.72. The summed E-state index contributed by atoms with van der Waals surface area (Å²) in [4.78, 5) is 12.4. The van der Waals surface area contributed by atoms with E-state index in [0.29, 0.717) is 25.1 Å². The Morgan fingerprint density at radius 3 is 3.00 bits per heavy atom. The molecule has 1 amide bonds. The van der Waals surface area contributed by atoms with Crippen LogP contribution in [0.1, 0.15) is 31.7 Å². The molecule has 0 aromatic heterocycles. The lowest BCUT2D eigenvalue weighted by Crippen LogP contribution is -2.38. The Balaban J connectivity index is 2.03. The monoisotopic (exact) mass is 276 g/mol. The van der Waals surface area contributed by atoms with Crippen LogP contribution in [0.4, 0.5) is 5.69 Å². The van der Waals surface area contributed by atoms with Gasteiger partial charge in [-0.05, 0) is 30.9 Å². The second-order valence-electron chi connectivity index (χ2n) is 5.73. The maximum atomic E-state index is 12.4. The van der Waals surface area contributed by atoms with Gasteiger partial charge in [0.2, 0.25) is 5.91 Å². The molecule has 0 spiro atoms. The number of ether oxygens (including phenoxy) is 1. The summed E-state index contributed by atoms with van der Waals surface area (Å²) in [6.07, 6.45) is 0.835. The largest absolute Gasteiger partial charge is 0.384 e. The molecule has 1 aromatic carbocycles. The van der Waals surface area contributed by atoms with Crippen LogP contribution >= 0.6 is 0 Å². The number of rotatable bonds is 5. The normalized spacial score (nSPS) is 22.6. The van der Waals surface area contributed by atoms with Gasteiger partial charge in [0.15, 0.2) is 0 Å². The van der Waals surface area contributed by atoms with Crippen molar-refractivity contribution in [3.8, 4) is 0 Å². The molecule has 0 saturated carbocycles. The first-order valence-corrected chi connectivity index (χ1v) is 7.24. The van der Waals surface area contributed by atoms with E-state index in [4.69, 9.17) is 4.74 Å². The van der Waals surface area contributed by atoms with Crippen molar-refractivity contribution in [2.45, 2.75) is 32.2 Å². The number of para-hydroxylation sites is 1. The summed E-state index contributed by atoms with van der Waals surface area (Å²) >= 11 is 0. The summed E-state index contributed by atoms with van der Waals surface area (Å²) in [5, 5.41) is 6.48. The maximum Gasteiger partial charge on any atom is 0.227 e. The average Bonchev–Trinajstić information content (AvgIpc) is 2.44. The first-order chi connectivity index (χ1) is 9.61. The zero-order valence-electron chi connectivity index (χ0n) is 12.5. The number of hydrogen-bond acceptors (Lipinski definition) is 3. The number of hydrogen-bond donors (Lipinski definition) is 2. The van der Waals surface area contributed by atoms with Gasteiger partial charge in [-0.15, -0.1) is 0 Å². The number of methoxy groups -OCH3 is 1. The number of benzene rings is 1. The van der Waals surface area contributed by atoms with Gasteiger partial charge in [-0.3, -0.25) is 4.79 Å². The van der Waals surface area contributed by atoms with Crippen LogP contribution in [0.5, 0.6) is 0 Å². The highest BCUT2D eigenvalue weighted by Gasteiger charge is 2.29. The lowest BCUT2D eigenvalue weighted by Gasteiger charge is -2.30. The van der Waals surface area contributed by atoms with E-state index >= 15 is 0 Å². The predicted octanol–water partition coefficient (Wildman–Crippen LogP) is 2.37. The van der Waals surface area contributed by atoms with E-state index in [1.165, 1.54) is 0 Å². The first kappa shape index (κ1) is 14.9. The molecule has 3 unspecified atom stereocenters. The van der Waals surface area contributed by atoms with Gasteiger partial charge in [-0.25, -0.2) is 0 Å². The van der Waals surface area contributed by atoms with Crippen LogP contribution in [0.2, 0.25) is 0 Å². The Labute approximate surface area is 120 Å². The van der Waals surface area contributed by atoms with E-state index in [-0.39, 0.29) is 11.8 Å². The van der Waals surface area contributed by atoms with Crippen LogP contribution in [0.25, 0.3) is 0 Å². The van der Waals surface area contributed by atoms with Gasteiger partial charge in [-0.2, -0.15) is 0 Å². The summed E-state index contributed by atoms with van der Waals surface area (Å²) in [6, 6.07) is 8.39. The van der Waals surface area contributed by atoms with E-state index in [9.17, 15) is 4.79 Å². The highest BCUT2D eigenvalue weighted by atomic mass is 16.5. The Hall–Kier alpha value is -1.55. The molecule has 1 aliphatic rings. The topological polar surface area (TPSA) is 50.4 Å².